The number of nitrogens with zero attached hydrogens (tertiary/aromatic N) is 2. The molecule has 20 heavy (non-hydrogen) atoms. The molecule has 0 radical (unpaired) electrons. The first kappa shape index (κ1) is 17.4. The average molecular weight is 285 g/mol. The number of hydrogen-bond donors (Lipinski definition) is 1. The number of ether oxygens (including phenoxy) is 1. The summed E-state index contributed by atoms with van der Waals surface area (Å²) in [4.78, 5) is 16.2. The van der Waals surface area contributed by atoms with Crippen molar-refractivity contribution >= 4 is 5.91 Å². The minimum absolute atomic E-state index is 0.105. The van der Waals surface area contributed by atoms with Crippen molar-refractivity contribution in [1.29, 1.82) is 0 Å². The lowest BCUT2D eigenvalue weighted by atomic mass is 10.1. The molecule has 0 aliphatic carbocycles. The molecule has 2 atom stereocenters. The number of amides is 1. The van der Waals surface area contributed by atoms with Crippen molar-refractivity contribution in [2.45, 2.75) is 51.7 Å². The van der Waals surface area contributed by atoms with E-state index in [0.717, 1.165) is 32.7 Å². The van der Waals surface area contributed by atoms with Crippen LogP contribution >= 0.6 is 0 Å². The van der Waals surface area contributed by atoms with Crippen LogP contribution in [0.3, 0.4) is 0 Å². The number of likely N-dealkylation sites (N-methyl/N-ethyl adjacent to an activating group) is 1. The number of nitrogens with two attached hydrogens (primary N) is 1. The average Bonchev–Trinajstić information content (AvgIpc) is 2.47. The standard InChI is InChI=1S/C15H31N3O2/c1-4-18(5-2)15(19)10-13(11-16)17(3)12-14-8-6-7-9-20-14/h13-14H,4-12,16H2,1-3H3. The fourth-order valence-corrected chi connectivity index (χ4v) is 2.75. The van der Waals surface area contributed by atoms with Gasteiger partial charge in [0.1, 0.15) is 0 Å². The fourth-order valence-electron chi connectivity index (χ4n) is 2.75. The highest BCUT2D eigenvalue weighted by atomic mass is 16.5. The third-order valence-corrected chi connectivity index (χ3v) is 4.19. The monoisotopic (exact) mass is 285 g/mol. The Morgan fingerprint density at radius 2 is 2.05 bits per heavy atom. The summed E-state index contributed by atoms with van der Waals surface area (Å²) in [5, 5.41) is 0. The quantitative estimate of drug-likeness (QED) is 0.725. The molecular weight excluding hydrogens is 254 g/mol. The summed E-state index contributed by atoms with van der Waals surface area (Å²) in [7, 11) is 2.05. The molecule has 2 N–H and O–H groups in total. The molecule has 0 aromatic rings. The van der Waals surface area contributed by atoms with Crippen LogP contribution in [0.15, 0.2) is 0 Å². The van der Waals surface area contributed by atoms with Gasteiger partial charge >= 0.3 is 0 Å². The lowest BCUT2D eigenvalue weighted by Gasteiger charge is -2.33. The molecule has 5 nitrogen and oxygen atoms in total. The van der Waals surface area contributed by atoms with E-state index in [1.807, 2.05) is 25.8 Å². The Kier molecular flexibility index (Phi) is 8.11. The van der Waals surface area contributed by atoms with Gasteiger partial charge in [0, 0.05) is 45.2 Å². The number of hydrogen-bond acceptors (Lipinski definition) is 4. The van der Waals surface area contributed by atoms with E-state index in [1.54, 1.807) is 0 Å². The third kappa shape index (κ3) is 5.38. The van der Waals surface area contributed by atoms with Crippen LogP contribution in [0, 0.1) is 0 Å². The van der Waals surface area contributed by atoms with E-state index in [0.29, 0.717) is 19.1 Å². The van der Waals surface area contributed by atoms with Gasteiger partial charge in [0.05, 0.1) is 6.10 Å². The Labute approximate surface area is 123 Å². The second-order valence-electron chi connectivity index (χ2n) is 5.59. The van der Waals surface area contributed by atoms with Crippen molar-refractivity contribution < 1.29 is 9.53 Å². The number of carbonyl (C=O) groups excluding carboxylic acids is 1. The normalized spacial score (nSPS) is 20.9. The van der Waals surface area contributed by atoms with Crippen molar-refractivity contribution in [2.75, 3.05) is 39.8 Å². The van der Waals surface area contributed by atoms with Gasteiger partial charge in [0.25, 0.3) is 0 Å². The lowest BCUT2D eigenvalue weighted by molar-refractivity contribution is -0.132. The lowest BCUT2D eigenvalue weighted by Crippen LogP contribution is -2.46. The van der Waals surface area contributed by atoms with Gasteiger partial charge in [0.15, 0.2) is 0 Å². The van der Waals surface area contributed by atoms with E-state index < -0.39 is 0 Å². The van der Waals surface area contributed by atoms with Gasteiger partial charge in [-0.2, -0.15) is 0 Å². The number of rotatable bonds is 8. The van der Waals surface area contributed by atoms with Gasteiger partial charge in [-0.1, -0.05) is 0 Å². The summed E-state index contributed by atoms with van der Waals surface area (Å²) in [5.74, 6) is 0.196. The zero-order chi connectivity index (χ0) is 15.0. The molecule has 1 amide bonds. The highest BCUT2D eigenvalue weighted by Crippen LogP contribution is 2.15. The molecule has 5 heteroatoms. The summed E-state index contributed by atoms with van der Waals surface area (Å²) in [6.45, 7) is 7.80. The molecule has 1 rings (SSSR count). The van der Waals surface area contributed by atoms with Crippen molar-refractivity contribution in [2.24, 2.45) is 5.73 Å². The Morgan fingerprint density at radius 3 is 2.55 bits per heavy atom. The van der Waals surface area contributed by atoms with Gasteiger partial charge in [-0.3, -0.25) is 9.69 Å². The maximum Gasteiger partial charge on any atom is 0.224 e. The Balaban J connectivity index is 2.45. The summed E-state index contributed by atoms with van der Waals surface area (Å²) in [6.07, 6.45) is 4.32. The Morgan fingerprint density at radius 1 is 1.35 bits per heavy atom. The zero-order valence-electron chi connectivity index (χ0n) is 13.3. The highest BCUT2D eigenvalue weighted by molar-refractivity contribution is 5.76. The van der Waals surface area contributed by atoms with E-state index in [2.05, 4.69) is 4.90 Å². The second kappa shape index (κ2) is 9.32. The molecule has 0 saturated carbocycles. The molecule has 1 aliphatic rings. The molecule has 0 spiro atoms. The van der Waals surface area contributed by atoms with Gasteiger partial charge in [-0.05, 0) is 40.2 Å². The largest absolute Gasteiger partial charge is 0.377 e. The first-order valence-electron chi connectivity index (χ1n) is 7.92. The van der Waals surface area contributed by atoms with Crippen LogP contribution in [0.2, 0.25) is 0 Å². The van der Waals surface area contributed by atoms with E-state index >= 15 is 0 Å². The van der Waals surface area contributed by atoms with Crippen LogP contribution in [0.5, 0.6) is 0 Å². The minimum atomic E-state index is 0.105. The van der Waals surface area contributed by atoms with Crippen LogP contribution in [-0.4, -0.2) is 67.7 Å². The van der Waals surface area contributed by atoms with E-state index in [1.165, 1.54) is 12.8 Å². The van der Waals surface area contributed by atoms with Crippen molar-refractivity contribution in [3.8, 4) is 0 Å². The molecule has 0 aromatic heterocycles. The second-order valence-corrected chi connectivity index (χ2v) is 5.59. The zero-order valence-corrected chi connectivity index (χ0v) is 13.3. The Hall–Kier alpha value is -0.650. The summed E-state index contributed by atoms with van der Waals surface area (Å²) >= 11 is 0. The summed E-state index contributed by atoms with van der Waals surface area (Å²) in [5.41, 5.74) is 5.86. The highest BCUT2D eigenvalue weighted by Gasteiger charge is 2.23. The van der Waals surface area contributed by atoms with E-state index in [-0.39, 0.29) is 11.9 Å². The number of carbonyl (C=O) groups is 1. The maximum atomic E-state index is 12.2. The van der Waals surface area contributed by atoms with Gasteiger partial charge in [0.2, 0.25) is 5.91 Å². The summed E-state index contributed by atoms with van der Waals surface area (Å²) < 4.78 is 5.76. The fraction of sp³-hybridized carbons (Fsp3) is 0.933. The predicted octanol–water partition coefficient (Wildman–Crippen LogP) is 1.07. The molecule has 1 aliphatic heterocycles. The first-order valence-corrected chi connectivity index (χ1v) is 7.92. The smallest absolute Gasteiger partial charge is 0.224 e. The van der Waals surface area contributed by atoms with Gasteiger partial charge in [-0.15, -0.1) is 0 Å². The Bertz CT molecular complexity index is 276. The van der Waals surface area contributed by atoms with E-state index in [4.69, 9.17) is 10.5 Å². The molecule has 1 saturated heterocycles. The molecule has 0 aromatic carbocycles. The molecule has 0 bridgehead atoms. The maximum absolute atomic E-state index is 12.2. The predicted molar refractivity (Wildman–Crippen MR) is 81.6 cm³/mol. The third-order valence-electron chi connectivity index (χ3n) is 4.19. The molecule has 118 valence electrons. The van der Waals surface area contributed by atoms with Crippen LogP contribution < -0.4 is 5.73 Å². The topological polar surface area (TPSA) is 58.8 Å². The van der Waals surface area contributed by atoms with Crippen LogP contribution in [0.4, 0.5) is 0 Å². The summed E-state index contributed by atoms with van der Waals surface area (Å²) in [6, 6.07) is 0.105. The molecule has 1 fully saturated rings. The SMILES string of the molecule is CCN(CC)C(=O)CC(CN)N(C)CC1CCCCO1. The first-order chi connectivity index (χ1) is 9.62. The molecule has 2 unspecified atom stereocenters. The van der Waals surface area contributed by atoms with Crippen molar-refractivity contribution in [3.63, 3.8) is 0 Å². The minimum Gasteiger partial charge on any atom is -0.377 e. The van der Waals surface area contributed by atoms with Crippen LogP contribution in [0.1, 0.15) is 39.5 Å². The van der Waals surface area contributed by atoms with Crippen molar-refractivity contribution in [1.82, 2.24) is 9.80 Å². The van der Waals surface area contributed by atoms with Crippen molar-refractivity contribution in [3.05, 3.63) is 0 Å². The van der Waals surface area contributed by atoms with E-state index in [9.17, 15) is 4.79 Å². The molecular formula is C15H31N3O2. The van der Waals surface area contributed by atoms with Gasteiger partial charge < -0.3 is 15.4 Å². The van der Waals surface area contributed by atoms with Crippen LogP contribution in [0.25, 0.3) is 0 Å². The molecule has 1 heterocycles. The van der Waals surface area contributed by atoms with Crippen LogP contribution in [-0.2, 0) is 9.53 Å². The van der Waals surface area contributed by atoms with Gasteiger partial charge in [-0.25, -0.2) is 0 Å².